The molecule has 1 aliphatic rings. The number of halogens is 1. The molecule has 3 rings (SSSR count). The summed E-state index contributed by atoms with van der Waals surface area (Å²) >= 11 is 0. The number of aryl methyl sites for hydroxylation is 1. The molecule has 1 saturated heterocycles. The van der Waals surface area contributed by atoms with Crippen LogP contribution in [0.4, 0.5) is 4.39 Å². The fourth-order valence-corrected chi connectivity index (χ4v) is 3.30. The van der Waals surface area contributed by atoms with Gasteiger partial charge >= 0.3 is 0 Å². The van der Waals surface area contributed by atoms with Gasteiger partial charge in [-0.05, 0) is 48.9 Å². The highest BCUT2D eigenvalue weighted by Crippen LogP contribution is 2.17. The molecule has 0 bridgehead atoms. The van der Waals surface area contributed by atoms with E-state index in [2.05, 4.69) is 32.2 Å². The summed E-state index contributed by atoms with van der Waals surface area (Å²) < 4.78 is 15.6. The Balaban J connectivity index is 1.71. The Kier molecular flexibility index (Phi) is 5.41. The number of hydrogen-bond acceptors (Lipinski definition) is 6. The zero-order valence-electron chi connectivity index (χ0n) is 14.9. The van der Waals surface area contributed by atoms with Crippen molar-refractivity contribution in [3.8, 4) is 5.69 Å². The number of piperazine rings is 1. The Bertz CT molecular complexity index is 719. The summed E-state index contributed by atoms with van der Waals surface area (Å²) in [6, 6.07) is 5.25. The fraction of sp³-hybridized carbons (Fsp3) is 0.588. The Morgan fingerprint density at radius 3 is 2.88 bits per heavy atom. The summed E-state index contributed by atoms with van der Waals surface area (Å²) in [5, 5.41) is 21.4. The predicted molar refractivity (Wildman–Crippen MR) is 91.8 cm³/mol. The van der Waals surface area contributed by atoms with Crippen molar-refractivity contribution in [2.45, 2.75) is 39.5 Å². The lowest BCUT2D eigenvalue weighted by Crippen LogP contribution is -2.53. The van der Waals surface area contributed by atoms with E-state index in [0.717, 1.165) is 25.2 Å². The first-order valence-corrected chi connectivity index (χ1v) is 8.62. The van der Waals surface area contributed by atoms with E-state index in [4.69, 9.17) is 0 Å². The monoisotopic (exact) mass is 348 g/mol. The van der Waals surface area contributed by atoms with Gasteiger partial charge in [0.2, 0.25) is 0 Å². The van der Waals surface area contributed by atoms with Crippen molar-refractivity contribution in [1.29, 1.82) is 0 Å². The number of nitrogens with zero attached hydrogens (tertiary/aromatic N) is 6. The minimum Gasteiger partial charge on any atom is -0.392 e. The van der Waals surface area contributed by atoms with Crippen LogP contribution in [0.15, 0.2) is 18.2 Å². The SMILES string of the molecule is Cc1ccc(F)c(-n2nnnc2CN2CCN(C[C@H](C)O)[C@@H](C)C2)c1. The van der Waals surface area contributed by atoms with Crippen molar-refractivity contribution in [2.75, 3.05) is 26.2 Å². The van der Waals surface area contributed by atoms with Crippen LogP contribution in [-0.4, -0.2) is 73.4 Å². The van der Waals surface area contributed by atoms with Gasteiger partial charge in [-0.15, -0.1) is 5.10 Å². The number of aromatic nitrogens is 4. The second kappa shape index (κ2) is 7.55. The lowest BCUT2D eigenvalue weighted by molar-refractivity contribution is 0.0411. The molecule has 2 heterocycles. The molecule has 0 spiro atoms. The standard InChI is InChI=1S/C17H25FN6O/c1-12-4-5-15(18)16(8-12)24-17(19-20-21-24)11-22-6-7-23(10-14(3)25)13(2)9-22/h4-5,8,13-14,25H,6-7,9-11H2,1-3H3/t13-,14-/m0/s1. The molecule has 2 atom stereocenters. The third kappa shape index (κ3) is 4.20. The van der Waals surface area contributed by atoms with Crippen molar-refractivity contribution in [2.24, 2.45) is 0 Å². The highest BCUT2D eigenvalue weighted by molar-refractivity contribution is 5.36. The third-order valence-electron chi connectivity index (χ3n) is 4.58. The van der Waals surface area contributed by atoms with Gasteiger partial charge in [-0.2, -0.15) is 4.68 Å². The first-order valence-electron chi connectivity index (χ1n) is 8.62. The smallest absolute Gasteiger partial charge is 0.170 e. The van der Waals surface area contributed by atoms with Crippen molar-refractivity contribution in [1.82, 2.24) is 30.0 Å². The van der Waals surface area contributed by atoms with E-state index in [1.165, 1.54) is 10.7 Å². The summed E-state index contributed by atoms with van der Waals surface area (Å²) in [7, 11) is 0. The molecule has 136 valence electrons. The molecule has 2 aromatic rings. The van der Waals surface area contributed by atoms with Gasteiger partial charge < -0.3 is 5.11 Å². The van der Waals surface area contributed by atoms with Gasteiger partial charge in [0.1, 0.15) is 11.5 Å². The molecular weight excluding hydrogens is 323 g/mol. The molecule has 8 heteroatoms. The van der Waals surface area contributed by atoms with E-state index >= 15 is 0 Å². The van der Waals surface area contributed by atoms with Gasteiger partial charge in [-0.25, -0.2) is 4.39 Å². The van der Waals surface area contributed by atoms with Crippen LogP contribution in [0, 0.1) is 12.7 Å². The number of aliphatic hydroxyl groups is 1. The number of β-amino-alcohol motifs (C(OH)–C–C–N with tert-alkyl or cyclic N) is 1. The highest BCUT2D eigenvalue weighted by atomic mass is 19.1. The molecule has 25 heavy (non-hydrogen) atoms. The number of rotatable bonds is 5. The molecule has 1 aromatic heterocycles. The van der Waals surface area contributed by atoms with Crippen LogP contribution in [0.5, 0.6) is 0 Å². The molecule has 1 N–H and O–H groups in total. The van der Waals surface area contributed by atoms with Gasteiger partial charge in [0.15, 0.2) is 5.82 Å². The van der Waals surface area contributed by atoms with E-state index in [1.54, 1.807) is 12.1 Å². The molecule has 1 aliphatic heterocycles. The number of hydrogen-bond donors (Lipinski definition) is 1. The number of tetrazole rings is 1. The molecule has 0 aliphatic carbocycles. The molecule has 0 radical (unpaired) electrons. The van der Waals surface area contributed by atoms with E-state index < -0.39 is 0 Å². The van der Waals surface area contributed by atoms with Crippen molar-refractivity contribution >= 4 is 0 Å². The quantitative estimate of drug-likeness (QED) is 0.869. The van der Waals surface area contributed by atoms with Crippen LogP contribution < -0.4 is 0 Å². The van der Waals surface area contributed by atoms with Crippen molar-refractivity contribution in [3.05, 3.63) is 35.4 Å². The van der Waals surface area contributed by atoms with Crippen LogP contribution in [0.25, 0.3) is 5.69 Å². The Labute approximate surface area is 147 Å². The first kappa shape index (κ1) is 17.9. The number of benzene rings is 1. The average Bonchev–Trinajstić information content (AvgIpc) is 3.00. The normalized spacial score (nSPS) is 20.8. The zero-order valence-corrected chi connectivity index (χ0v) is 14.9. The maximum atomic E-state index is 14.2. The van der Waals surface area contributed by atoms with Crippen LogP contribution in [0.1, 0.15) is 25.2 Å². The second-order valence-corrected chi connectivity index (χ2v) is 6.89. The molecule has 0 saturated carbocycles. The second-order valence-electron chi connectivity index (χ2n) is 6.89. The van der Waals surface area contributed by atoms with Crippen LogP contribution >= 0.6 is 0 Å². The van der Waals surface area contributed by atoms with Crippen molar-refractivity contribution < 1.29 is 9.50 Å². The topological polar surface area (TPSA) is 70.3 Å². The third-order valence-corrected chi connectivity index (χ3v) is 4.58. The maximum absolute atomic E-state index is 14.2. The minimum absolute atomic E-state index is 0.328. The van der Waals surface area contributed by atoms with Gasteiger partial charge in [0, 0.05) is 32.2 Å². The van der Waals surface area contributed by atoms with E-state index in [1.807, 2.05) is 13.8 Å². The molecular formula is C17H25FN6O. The summed E-state index contributed by atoms with van der Waals surface area (Å²) in [6.45, 7) is 9.72. The van der Waals surface area contributed by atoms with Crippen LogP contribution in [0.3, 0.4) is 0 Å². The van der Waals surface area contributed by atoms with Crippen molar-refractivity contribution in [3.63, 3.8) is 0 Å². The maximum Gasteiger partial charge on any atom is 0.170 e. The van der Waals surface area contributed by atoms with E-state index in [0.29, 0.717) is 30.6 Å². The summed E-state index contributed by atoms with van der Waals surface area (Å²) in [4.78, 5) is 4.55. The molecule has 0 amide bonds. The zero-order chi connectivity index (χ0) is 18.0. The molecule has 1 fully saturated rings. The Morgan fingerprint density at radius 2 is 2.16 bits per heavy atom. The van der Waals surface area contributed by atoms with E-state index in [9.17, 15) is 9.50 Å². The Hall–Kier alpha value is -1.90. The minimum atomic E-state index is -0.339. The lowest BCUT2D eigenvalue weighted by Gasteiger charge is -2.40. The van der Waals surface area contributed by atoms with Gasteiger partial charge in [-0.3, -0.25) is 9.80 Å². The summed E-state index contributed by atoms with van der Waals surface area (Å²) in [5.41, 5.74) is 1.33. The fourth-order valence-electron chi connectivity index (χ4n) is 3.30. The lowest BCUT2D eigenvalue weighted by atomic mass is 10.1. The van der Waals surface area contributed by atoms with Gasteiger partial charge in [0.05, 0.1) is 12.6 Å². The first-order chi connectivity index (χ1) is 11.9. The molecule has 0 unspecified atom stereocenters. The largest absolute Gasteiger partial charge is 0.392 e. The highest BCUT2D eigenvalue weighted by Gasteiger charge is 2.26. The van der Waals surface area contributed by atoms with Crippen LogP contribution in [-0.2, 0) is 6.54 Å². The number of aliphatic hydroxyl groups excluding tert-OH is 1. The average molecular weight is 348 g/mol. The molecule has 7 nitrogen and oxygen atoms in total. The predicted octanol–water partition coefficient (Wildman–Crippen LogP) is 0.997. The summed E-state index contributed by atoms with van der Waals surface area (Å²) in [6.07, 6.45) is -0.328. The van der Waals surface area contributed by atoms with Gasteiger partial charge in [0.25, 0.3) is 0 Å². The van der Waals surface area contributed by atoms with E-state index in [-0.39, 0.29) is 11.9 Å². The summed E-state index contributed by atoms with van der Waals surface area (Å²) in [5.74, 6) is 0.287. The Morgan fingerprint density at radius 1 is 1.36 bits per heavy atom. The van der Waals surface area contributed by atoms with Gasteiger partial charge in [-0.1, -0.05) is 6.07 Å². The van der Waals surface area contributed by atoms with Crippen LogP contribution in [0.2, 0.25) is 0 Å². The molecule has 1 aromatic carbocycles.